The van der Waals surface area contributed by atoms with Crippen molar-refractivity contribution >= 4 is 6.09 Å². The summed E-state index contributed by atoms with van der Waals surface area (Å²) in [5.41, 5.74) is 0. The number of carbonyl (C=O) groups excluding carboxylic acids is 1. The highest BCUT2D eigenvalue weighted by molar-refractivity contribution is 5.67. The first-order valence-electron chi connectivity index (χ1n) is 6.76. The van der Waals surface area contributed by atoms with Crippen molar-refractivity contribution in [2.24, 2.45) is 0 Å². The van der Waals surface area contributed by atoms with Crippen molar-refractivity contribution in [3.05, 3.63) is 0 Å². The summed E-state index contributed by atoms with van der Waals surface area (Å²) in [6.45, 7) is 9.90. The van der Waals surface area contributed by atoms with E-state index in [2.05, 4.69) is 18.7 Å². The Bertz CT molecular complexity index is 249. The fourth-order valence-corrected chi connectivity index (χ4v) is 2.55. The predicted molar refractivity (Wildman–Crippen MR) is 70.7 cm³/mol. The van der Waals surface area contributed by atoms with E-state index in [1.165, 1.54) is 0 Å². The monoisotopic (exact) mass is 258 g/mol. The molecule has 0 aromatic rings. The second kappa shape index (κ2) is 7.59. The zero-order chi connectivity index (χ0) is 13.5. The van der Waals surface area contributed by atoms with Crippen LogP contribution in [-0.4, -0.2) is 67.9 Å². The van der Waals surface area contributed by atoms with Crippen LogP contribution in [0.2, 0.25) is 0 Å². The first-order chi connectivity index (χ1) is 8.60. The van der Waals surface area contributed by atoms with E-state index in [1.807, 2.05) is 11.8 Å². The summed E-state index contributed by atoms with van der Waals surface area (Å²) in [7, 11) is 1.73. The van der Waals surface area contributed by atoms with Crippen LogP contribution in [0.3, 0.4) is 0 Å². The van der Waals surface area contributed by atoms with Crippen LogP contribution in [0.15, 0.2) is 0 Å². The van der Waals surface area contributed by atoms with Crippen molar-refractivity contribution in [3.8, 4) is 0 Å². The molecule has 2 atom stereocenters. The third-order valence-electron chi connectivity index (χ3n) is 3.39. The standard InChI is InChI=1S/C13H26N2O3/c1-5-18-13(16)14-9-11(2)15(12(3)10-14)7-6-8-17-4/h11-12H,5-10H2,1-4H3. The molecule has 18 heavy (non-hydrogen) atoms. The van der Waals surface area contributed by atoms with Crippen LogP contribution in [0.25, 0.3) is 0 Å². The van der Waals surface area contributed by atoms with Gasteiger partial charge in [-0.1, -0.05) is 0 Å². The number of amides is 1. The molecule has 1 heterocycles. The summed E-state index contributed by atoms with van der Waals surface area (Å²) >= 11 is 0. The zero-order valence-electron chi connectivity index (χ0n) is 12.0. The molecule has 1 fully saturated rings. The van der Waals surface area contributed by atoms with Crippen molar-refractivity contribution < 1.29 is 14.3 Å². The topological polar surface area (TPSA) is 42.0 Å². The van der Waals surface area contributed by atoms with Crippen LogP contribution in [-0.2, 0) is 9.47 Å². The van der Waals surface area contributed by atoms with Gasteiger partial charge in [0.05, 0.1) is 6.61 Å². The number of nitrogens with zero attached hydrogens (tertiary/aromatic N) is 2. The van der Waals surface area contributed by atoms with Crippen LogP contribution < -0.4 is 0 Å². The van der Waals surface area contributed by atoms with E-state index in [0.29, 0.717) is 18.7 Å². The third-order valence-corrected chi connectivity index (χ3v) is 3.39. The van der Waals surface area contributed by atoms with Gasteiger partial charge in [-0.2, -0.15) is 0 Å². The molecule has 5 heteroatoms. The van der Waals surface area contributed by atoms with Gasteiger partial charge in [0, 0.05) is 45.4 Å². The van der Waals surface area contributed by atoms with Crippen molar-refractivity contribution in [2.45, 2.75) is 39.3 Å². The van der Waals surface area contributed by atoms with Gasteiger partial charge in [-0.05, 0) is 27.2 Å². The predicted octanol–water partition coefficient (Wildman–Crippen LogP) is 1.57. The van der Waals surface area contributed by atoms with Crippen LogP contribution >= 0.6 is 0 Å². The molecule has 0 N–H and O–H groups in total. The number of ether oxygens (including phenoxy) is 2. The van der Waals surface area contributed by atoms with Gasteiger partial charge in [0.2, 0.25) is 0 Å². The van der Waals surface area contributed by atoms with E-state index in [4.69, 9.17) is 9.47 Å². The van der Waals surface area contributed by atoms with Crippen molar-refractivity contribution in [1.29, 1.82) is 0 Å². The van der Waals surface area contributed by atoms with Gasteiger partial charge in [-0.3, -0.25) is 4.90 Å². The average molecular weight is 258 g/mol. The lowest BCUT2D eigenvalue weighted by Gasteiger charge is -2.43. The van der Waals surface area contributed by atoms with Gasteiger partial charge in [0.25, 0.3) is 0 Å². The van der Waals surface area contributed by atoms with Gasteiger partial charge in [0.1, 0.15) is 0 Å². The van der Waals surface area contributed by atoms with E-state index < -0.39 is 0 Å². The Morgan fingerprint density at radius 2 is 1.89 bits per heavy atom. The van der Waals surface area contributed by atoms with Crippen LogP contribution in [0, 0.1) is 0 Å². The lowest BCUT2D eigenvalue weighted by molar-refractivity contribution is 0.0247. The molecule has 1 saturated heterocycles. The second-order valence-corrected chi connectivity index (χ2v) is 4.89. The van der Waals surface area contributed by atoms with E-state index in [1.54, 1.807) is 7.11 Å². The summed E-state index contributed by atoms with van der Waals surface area (Å²) in [6, 6.07) is 0.741. The Labute approximate surface area is 110 Å². The number of hydrogen-bond acceptors (Lipinski definition) is 4. The second-order valence-electron chi connectivity index (χ2n) is 4.89. The van der Waals surface area contributed by atoms with Crippen LogP contribution in [0.4, 0.5) is 4.79 Å². The fraction of sp³-hybridized carbons (Fsp3) is 0.923. The lowest BCUT2D eigenvalue weighted by Crippen LogP contribution is -2.58. The SMILES string of the molecule is CCOC(=O)N1CC(C)N(CCCOC)C(C)C1. The minimum absolute atomic E-state index is 0.187. The number of rotatable bonds is 5. The molecule has 0 aliphatic carbocycles. The maximum atomic E-state index is 11.7. The van der Waals surface area contributed by atoms with E-state index in [0.717, 1.165) is 32.7 Å². The molecule has 0 radical (unpaired) electrons. The molecule has 1 rings (SSSR count). The zero-order valence-corrected chi connectivity index (χ0v) is 12.0. The molecule has 0 spiro atoms. The van der Waals surface area contributed by atoms with Crippen molar-refractivity contribution in [1.82, 2.24) is 9.80 Å². The van der Waals surface area contributed by atoms with E-state index in [9.17, 15) is 4.79 Å². The Balaban J connectivity index is 2.46. The first-order valence-corrected chi connectivity index (χ1v) is 6.76. The molecule has 2 unspecified atom stereocenters. The smallest absolute Gasteiger partial charge is 0.409 e. The van der Waals surface area contributed by atoms with Gasteiger partial charge in [0.15, 0.2) is 0 Å². The molecule has 1 aliphatic rings. The molecule has 5 nitrogen and oxygen atoms in total. The molecular formula is C13H26N2O3. The molecule has 0 bridgehead atoms. The third kappa shape index (κ3) is 4.14. The Kier molecular flexibility index (Phi) is 6.43. The summed E-state index contributed by atoms with van der Waals surface area (Å²) < 4.78 is 10.1. The lowest BCUT2D eigenvalue weighted by atomic mass is 10.1. The highest BCUT2D eigenvalue weighted by Crippen LogP contribution is 2.16. The van der Waals surface area contributed by atoms with Gasteiger partial charge >= 0.3 is 6.09 Å². The molecular weight excluding hydrogens is 232 g/mol. The van der Waals surface area contributed by atoms with Crippen molar-refractivity contribution in [3.63, 3.8) is 0 Å². The maximum Gasteiger partial charge on any atom is 0.409 e. The first kappa shape index (κ1) is 15.2. The summed E-state index contributed by atoms with van der Waals surface area (Å²) in [5.74, 6) is 0. The normalized spacial score (nSPS) is 25.2. The van der Waals surface area contributed by atoms with E-state index in [-0.39, 0.29) is 6.09 Å². The van der Waals surface area contributed by atoms with E-state index >= 15 is 0 Å². The van der Waals surface area contributed by atoms with Gasteiger partial charge in [-0.25, -0.2) is 4.79 Å². The highest BCUT2D eigenvalue weighted by Gasteiger charge is 2.31. The van der Waals surface area contributed by atoms with Gasteiger partial charge in [-0.15, -0.1) is 0 Å². The summed E-state index contributed by atoms with van der Waals surface area (Å²) in [4.78, 5) is 16.0. The summed E-state index contributed by atoms with van der Waals surface area (Å²) in [5, 5.41) is 0. The highest BCUT2D eigenvalue weighted by atomic mass is 16.6. The number of piperazine rings is 1. The number of methoxy groups -OCH3 is 1. The molecule has 0 aromatic heterocycles. The van der Waals surface area contributed by atoms with Crippen LogP contribution in [0.5, 0.6) is 0 Å². The summed E-state index contributed by atoms with van der Waals surface area (Å²) in [6.07, 6.45) is 0.845. The fourth-order valence-electron chi connectivity index (χ4n) is 2.55. The largest absolute Gasteiger partial charge is 0.450 e. The Morgan fingerprint density at radius 1 is 1.28 bits per heavy atom. The number of carbonyl (C=O) groups is 1. The minimum atomic E-state index is -0.187. The maximum absolute atomic E-state index is 11.7. The van der Waals surface area contributed by atoms with Crippen molar-refractivity contribution in [2.75, 3.05) is 40.0 Å². The molecule has 0 saturated carbocycles. The van der Waals surface area contributed by atoms with Gasteiger partial charge < -0.3 is 14.4 Å². The minimum Gasteiger partial charge on any atom is -0.450 e. The number of hydrogen-bond donors (Lipinski definition) is 0. The quantitative estimate of drug-likeness (QED) is 0.702. The molecule has 106 valence electrons. The Morgan fingerprint density at radius 3 is 2.39 bits per heavy atom. The molecule has 1 aliphatic heterocycles. The Hall–Kier alpha value is -0.810. The average Bonchev–Trinajstić information content (AvgIpc) is 2.32. The molecule has 1 amide bonds. The molecule has 0 aromatic carbocycles. The van der Waals surface area contributed by atoms with Crippen LogP contribution in [0.1, 0.15) is 27.2 Å².